The fourth-order valence-electron chi connectivity index (χ4n) is 1.91. The number of nitrogens with one attached hydrogen (secondary N) is 1. The van der Waals surface area contributed by atoms with Crippen molar-refractivity contribution in [1.29, 1.82) is 0 Å². The maximum atomic E-state index is 13.2. The van der Waals surface area contributed by atoms with E-state index in [9.17, 15) is 9.18 Å². The first-order valence-electron chi connectivity index (χ1n) is 6.05. The molecule has 0 aliphatic carbocycles. The number of methoxy groups -OCH3 is 1. The van der Waals surface area contributed by atoms with Crippen LogP contribution in [-0.4, -0.2) is 13.0 Å². The molecule has 0 heterocycles. The molecule has 0 fully saturated rings. The molecule has 0 radical (unpaired) electrons. The summed E-state index contributed by atoms with van der Waals surface area (Å²) in [5.74, 6) is -0.891. The molecule has 0 bridgehead atoms. The SMILES string of the molecule is COC(C(=O)Nc1cc(N)cc(F)c1)c1ccccc1. The number of benzene rings is 2. The Morgan fingerprint density at radius 2 is 1.95 bits per heavy atom. The minimum Gasteiger partial charge on any atom is -0.399 e. The molecule has 2 rings (SSSR count). The Labute approximate surface area is 116 Å². The van der Waals surface area contributed by atoms with Crippen LogP contribution in [-0.2, 0) is 9.53 Å². The number of carbonyl (C=O) groups excluding carboxylic acids is 1. The lowest BCUT2D eigenvalue weighted by Crippen LogP contribution is -2.22. The summed E-state index contributed by atoms with van der Waals surface area (Å²) in [5, 5.41) is 2.59. The van der Waals surface area contributed by atoms with Crippen LogP contribution in [0.5, 0.6) is 0 Å². The molecule has 1 atom stereocenters. The maximum Gasteiger partial charge on any atom is 0.258 e. The molecule has 0 saturated heterocycles. The highest BCUT2D eigenvalue weighted by atomic mass is 19.1. The fourth-order valence-corrected chi connectivity index (χ4v) is 1.91. The van der Waals surface area contributed by atoms with E-state index in [-0.39, 0.29) is 11.6 Å². The van der Waals surface area contributed by atoms with Crippen molar-refractivity contribution < 1.29 is 13.9 Å². The van der Waals surface area contributed by atoms with E-state index in [1.54, 1.807) is 12.1 Å². The molecule has 0 spiro atoms. The van der Waals surface area contributed by atoms with Crippen LogP contribution in [0, 0.1) is 5.82 Å². The van der Waals surface area contributed by atoms with Crippen LogP contribution >= 0.6 is 0 Å². The third kappa shape index (κ3) is 3.33. The van der Waals surface area contributed by atoms with Crippen LogP contribution < -0.4 is 11.1 Å². The molecule has 1 unspecified atom stereocenters. The number of hydrogen-bond donors (Lipinski definition) is 2. The first-order valence-corrected chi connectivity index (χ1v) is 6.05. The molecule has 20 heavy (non-hydrogen) atoms. The Morgan fingerprint density at radius 1 is 1.25 bits per heavy atom. The molecule has 5 heteroatoms. The molecule has 0 saturated carbocycles. The van der Waals surface area contributed by atoms with E-state index in [1.807, 2.05) is 18.2 Å². The van der Waals surface area contributed by atoms with Crippen molar-refractivity contribution in [3.8, 4) is 0 Å². The Bertz CT molecular complexity index is 582. The number of rotatable bonds is 4. The van der Waals surface area contributed by atoms with Gasteiger partial charge in [-0.2, -0.15) is 0 Å². The predicted octanol–water partition coefficient (Wildman–Crippen LogP) is 2.73. The lowest BCUT2D eigenvalue weighted by Gasteiger charge is -2.15. The number of nitrogens with two attached hydrogens (primary N) is 1. The second kappa shape index (κ2) is 6.16. The normalized spacial score (nSPS) is 11.9. The molecule has 104 valence electrons. The Hall–Kier alpha value is -2.40. The maximum absolute atomic E-state index is 13.2. The molecular weight excluding hydrogens is 259 g/mol. The summed E-state index contributed by atoms with van der Waals surface area (Å²) < 4.78 is 18.4. The average molecular weight is 274 g/mol. The summed E-state index contributed by atoms with van der Waals surface area (Å²) in [6, 6.07) is 12.9. The first-order chi connectivity index (χ1) is 9.60. The number of anilines is 2. The first kappa shape index (κ1) is 14.0. The number of nitrogen functional groups attached to an aromatic ring is 1. The highest BCUT2D eigenvalue weighted by Gasteiger charge is 2.20. The van der Waals surface area contributed by atoms with Crippen LogP contribution in [0.25, 0.3) is 0 Å². The molecule has 2 aromatic rings. The van der Waals surface area contributed by atoms with Crippen LogP contribution in [0.2, 0.25) is 0 Å². The summed E-state index contributed by atoms with van der Waals surface area (Å²) in [4.78, 5) is 12.2. The van der Waals surface area contributed by atoms with Gasteiger partial charge in [-0.3, -0.25) is 4.79 Å². The van der Waals surface area contributed by atoms with Gasteiger partial charge in [-0.15, -0.1) is 0 Å². The van der Waals surface area contributed by atoms with E-state index in [2.05, 4.69) is 5.32 Å². The van der Waals surface area contributed by atoms with Gasteiger partial charge in [-0.25, -0.2) is 4.39 Å². The van der Waals surface area contributed by atoms with Crippen molar-refractivity contribution in [2.45, 2.75) is 6.10 Å². The molecule has 0 aromatic heterocycles. The smallest absolute Gasteiger partial charge is 0.258 e. The lowest BCUT2D eigenvalue weighted by molar-refractivity contribution is -0.126. The average Bonchev–Trinajstić information content (AvgIpc) is 2.39. The third-order valence-electron chi connectivity index (χ3n) is 2.76. The van der Waals surface area contributed by atoms with Crippen molar-refractivity contribution in [1.82, 2.24) is 0 Å². The van der Waals surface area contributed by atoms with Crippen molar-refractivity contribution in [3.05, 3.63) is 59.9 Å². The zero-order valence-electron chi connectivity index (χ0n) is 11.0. The van der Waals surface area contributed by atoms with Gasteiger partial charge in [-0.05, 0) is 23.8 Å². The largest absolute Gasteiger partial charge is 0.399 e. The number of amides is 1. The highest BCUT2D eigenvalue weighted by Crippen LogP contribution is 2.21. The monoisotopic (exact) mass is 274 g/mol. The molecule has 2 aromatic carbocycles. The molecule has 0 aliphatic rings. The molecule has 4 nitrogen and oxygen atoms in total. The highest BCUT2D eigenvalue weighted by molar-refractivity contribution is 5.95. The van der Waals surface area contributed by atoms with Gasteiger partial charge in [-0.1, -0.05) is 30.3 Å². The Kier molecular flexibility index (Phi) is 4.32. The summed E-state index contributed by atoms with van der Waals surface area (Å²) >= 11 is 0. The number of carbonyl (C=O) groups is 1. The van der Waals surface area contributed by atoms with E-state index in [1.165, 1.54) is 25.3 Å². The van der Waals surface area contributed by atoms with Gasteiger partial charge in [0.25, 0.3) is 5.91 Å². The second-order valence-electron chi connectivity index (χ2n) is 4.29. The fraction of sp³-hybridized carbons (Fsp3) is 0.133. The van der Waals surface area contributed by atoms with Crippen molar-refractivity contribution >= 4 is 17.3 Å². The minimum atomic E-state index is -0.763. The zero-order chi connectivity index (χ0) is 14.5. The molecule has 0 aliphatic heterocycles. The van der Waals surface area contributed by atoms with Crippen LogP contribution in [0.4, 0.5) is 15.8 Å². The van der Waals surface area contributed by atoms with E-state index in [0.717, 1.165) is 5.56 Å². The second-order valence-corrected chi connectivity index (χ2v) is 4.29. The Morgan fingerprint density at radius 3 is 2.55 bits per heavy atom. The van der Waals surface area contributed by atoms with Crippen molar-refractivity contribution in [3.63, 3.8) is 0 Å². The van der Waals surface area contributed by atoms with Gasteiger partial charge in [0.2, 0.25) is 0 Å². The summed E-state index contributed by atoms with van der Waals surface area (Å²) in [6.07, 6.45) is -0.763. The number of ether oxygens (including phenoxy) is 1. The van der Waals surface area contributed by atoms with Gasteiger partial charge in [0.15, 0.2) is 6.10 Å². The summed E-state index contributed by atoms with van der Waals surface area (Å²) in [7, 11) is 1.44. The summed E-state index contributed by atoms with van der Waals surface area (Å²) in [5.41, 5.74) is 6.79. The van der Waals surface area contributed by atoms with E-state index in [4.69, 9.17) is 10.5 Å². The summed E-state index contributed by atoms with van der Waals surface area (Å²) in [6.45, 7) is 0. The van der Waals surface area contributed by atoms with E-state index in [0.29, 0.717) is 5.69 Å². The van der Waals surface area contributed by atoms with Gasteiger partial charge in [0, 0.05) is 18.5 Å². The van der Waals surface area contributed by atoms with E-state index >= 15 is 0 Å². The van der Waals surface area contributed by atoms with Crippen molar-refractivity contribution in [2.24, 2.45) is 0 Å². The lowest BCUT2D eigenvalue weighted by atomic mass is 10.1. The van der Waals surface area contributed by atoms with Gasteiger partial charge in [0.1, 0.15) is 5.82 Å². The van der Waals surface area contributed by atoms with Crippen LogP contribution in [0.3, 0.4) is 0 Å². The van der Waals surface area contributed by atoms with Crippen LogP contribution in [0.1, 0.15) is 11.7 Å². The molecule has 1 amide bonds. The molecular formula is C15H15FN2O2. The Balaban J connectivity index is 2.18. The standard InChI is InChI=1S/C15H15FN2O2/c1-20-14(10-5-3-2-4-6-10)15(19)18-13-8-11(16)7-12(17)9-13/h2-9,14H,17H2,1H3,(H,18,19). The van der Waals surface area contributed by atoms with Gasteiger partial charge in [0.05, 0.1) is 0 Å². The van der Waals surface area contributed by atoms with E-state index < -0.39 is 11.9 Å². The minimum absolute atomic E-state index is 0.244. The third-order valence-corrected chi connectivity index (χ3v) is 2.76. The number of hydrogen-bond acceptors (Lipinski definition) is 3. The number of halogens is 1. The topological polar surface area (TPSA) is 64.3 Å². The van der Waals surface area contributed by atoms with Gasteiger partial charge >= 0.3 is 0 Å². The molecule has 3 N–H and O–H groups in total. The zero-order valence-corrected chi connectivity index (χ0v) is 11.0. The predicted molar refractivity (Wildman–Crippen MR) is 75.6 cm³/mol. The van der Waals surface area contributed by atoms with Gasteiger partial charge < -0.3 is 15.8 Å². The van der Waals surface area contributed by atoms with Crippen LogP contribution in [0.15, 0.2) is 48.5 Å². The van der Waals surface area contributed by atoms with Crippen molar-refractivity contribution in [2.75, 3.05) is 18.2 Å². The quantitative estimate of drug-likeness (QED) is 0.842.